The number of hydrogen-bond acceptors (Lipinski definition) is 6. The van der Waals surface area contributed by atoms with E-state index in [1.165, 1.54) is 6.08 Å². The molecule has 176 valence electrons. The molecule has 5 aliphatic rings. The lowest BCUT2D eigenvalue weighted by molar-refractivity contribution is -0.224. The number of rotatable bonds is 2. The molecule has 1 unspecified atom stereocenters. The van der Waals surface area contributed by atoms with Crippen molar-refractivity contribution in [3.05, 3.63) is 11.6 Å². The molecule has 0 bridgehead atoms. The lowest BCUT2D eigenvalue weighted by atomic mass is 9.44. The summed E-state index contributed by atoms with van der Waals surface area (Å²) in [4.78, 5) is 39.1. The molecule has 3 saturated carbocycles. The van der Waals surface area contributed by atoms with Gasteiger partial charge in [0.15, 0.2) is 34.4 Å². The van der Waals surface area contributed by atoms with Gasteiger partial charge in [-0.05, 0) is 50.7 Å². The second-order valence-electron chi connectivity index (χ2n) is 11.2. The SMILES string of the molecule is CC1(C)O[C@@H]2C[C@H]3[C@@H]4CC(O)C5=CC(=O)CC[C@]5(C)[C@@]4(F)C(=O)C[C@]3(C)[C@]2(C(=O)CCl)O1. The summed E-state index contributed by atoms with van der Waals surface area (Å²) in [6, 6.07) is 0. The van der Waals surface area contributed by atoms with E-state index in [1.807, 2.05) is 6.92 Å². The van der Waals surface area contributed by atoms with Crippen LogP contribution < -0.4 is 0 Å². The third-order valence-electron chi connectivity index (χ3n) is 9.35. The van der Waals surface area contributed by atoms with E-state index in [2.05, 4.69) is 0 Å². The number of Topliss-reactive ketones (excluding diaryl/α,β-unsaturated/α-hetero) is 2. The highest BCUT2D eigenvalue weighted by atomic mass is 35.5. The van der Waals surface area contributed by atoms with Crippen molar-refractivity contribution in [3.8, 4) is 0 Å². The normalized spacial score (nSPS) is 51.4. The standard InChI is InChI=1S/C24H30ClFO6/c1-20(2)31-19-9-13-14-8-16(28)15-7-12(27)5-6-21(15,3)23(14,26)17(29)10-22(13,4)24(19,32-20)18(30)11-25/h7,13-14,16,19,28H,5-6,8-11H2,1-4H3/t13-,14-,16?,19+,21-,22-,23-,24+/m0/s1. The zero-order chi connectivity index (χ0) is 23.5. The van der Waals surface area contributed by atoms with E-state index in [1.54, 1.807) is 20.8 Å². The third-order valence-corrected chi connectivity index (χ3v) is 9.59. The Morgan fingerprint density at radius 1 is 1.22 bits per heavy atom. The van der Waals surface area contributed by atoms with Gasteiger partial charge >= 0.3 is 0 Å². The number of carbonyl (C=O) groups excluding carboxylic acids is 3. The number of halogens is 2. The Labute approximate surface area is 191 Å². The molecule has 4 fully saturated rings. The first-order valence-electron chi connectivity index (χ1n) is 11.4. The van der Waals surface area contributed by atoms with Crippen molar-refractivity contribution in [1.29, 1.82) is 0 Å². The van der Waals surface area contributed by atoms with Crippen LogP contribution in [0.3, 0.4) is 0 Å². The van der Waals surface area contributed by atoms with Crippen molar-refractivity contribution in [2.75, 3.05) is 5.88 Å². The molecule has 5 rings (SSSR count). The minimum absolute atomic E-state index is 0.0124. The van der Waals surface area contributed by atoms with E-state index >= 15 is 4.39 Å². The van der Waals surface area contributed by atoms with Crippen LogP contribution in [0.5, 0.6) is 0 Å². The number of hydrogen-bond donors (Lipinski definition) is 1. The molecule has 6 nitrogen and oxygen atoms in total. The molecule has 0 radical (unpaired) electrons. The fourth-order valence-electron chi connectivity index (χ4n) is 8.03. The summed E-state index contributed by atoms with van der Waals surface area (Å²) in [6.45, 7) is 6.92. The predicted molar refractivity (Wildman–Crippen MR) is 113 cm³/mol. The first-order valence-corrected chi connectivity index (χ1v) is 11.9. The lowest BCUT2D eigenvalue weighted by Gasteiger charge is -2.61. The minimum Gasteiger partial charge on any atom is -0.389 e. The Morgan fingerprint density at radius 2 is 1.91 bits per heavy atom. The number of ketones is 3. The van der Waals surface area contributed by atoms with Gasteiger partial charge in [-0.3, -0.25) is 14.4 Å². The first kappa shape index (κ1) is 22.6. The fourth-order valence-corrected chi connectivity index (χ4v) is 8.23. The van der Waals surface area contributed by atoms with Crippen molar-refractivity contribution in [3.63, 3.8) is 0 Å². The molecule has 0 spiro atoms. The summed E-state index contributed by atoms with van der Waals surface area (Å²) in [6.07, 6.45) is 0.144. The lowest BCUT2D eigenvalue weighted by Crippen LogP contribution is -2.70. The number of aliphatic hydroxyl groups is 1. The van der Waals surface area contributed by atoms with Crippen LogP contribution in [0.25, 0.3) is 0 Å². The highest BCUT2D eigenvalue weighted by Crippen LogP contribution is 2.71. The second-order valence-corrected chi connectivity index (χ2v) is 11.5. The zero-order valence-corrected chi connectivity index (χ0v) is 19.6. The van der Waals surface area contributed by atoms with Gasteiger partial charge in [0, 0.05) is 29.6 Å². The Balaban J connectivity index is 1.66. The average molecular weight is 469 g/mol. The van der Waals surface area contributed by atoms with Crippen LogP contribution in [0.2, 0.25) is 0 Å². The van der Waals surface area contributed by atoms with E-state index in [4.69, 9.17) is 21.1 Å². The van der Waals surface area contributed by atoms with Gasteiger partial charge in [0.2, 0.25) is 0 Å². The maximum atomic E-state index is 17.2. The van der Waals surface area contributed by atoms with Gasteiger partial charge in [0.1, 0.15) is 0 Å². The number of carbonyl (C=O) groups is 3. The molecule has 4 aliphatic carbocycles. The molecule has 0 aromatic carbocycles. The van der Waals surface area contributed by atoms with Gasteiger partial charge in [-0.2, -0.15) is 0 Å². The summed E-state index contributed by atoms with van der Waals surface area (Å²) in [7, 11) is 0. The van der Waals surface area contributed by atoms with Crippen LogP contribution in [0.4, 0.5) is 4.39 Å². The van der Waals surface area contributed by atoms with E-state index in [-0.39, 0.29) is 43.1 Å². The number of alkyl halides is 2. The van der Waals surface area contributed by atoms with Gasteiger partial charge in [0.05, 0.1) is 18.1 Å². The molecule has 1 aliphatic heterocycles. The first-order chi connectivity index (χ1) is 14.8. The van der Waals surface area contributed by atoms with Crippen molar-refractivity contribution in [2.24, 2.45) is 22.7 Å². The van der Waals surface area contributed by atoms with Gasteiger partial charge < -0.3 is 14.6 Å². The molecule has 0 aromatic heterocycles. The molecule has 0 aromatic rings. The van der Waals surface area contributed by atoms with E-state index in [0.717, 1.165) is 0 Å². The Kier molecular flexibility index (Phi) is 4.59. The molecule has 1 N–H and O–H groups in total. The molecule has 1 heterocycles. The summed E-state index contributed by atoms with van der Waals surface area (Å²) in [5, 5.41) is 11.0. The van der Waals surface area contributed by atoms with Gasteiger partial charge in [-0.25, -0.2) is 4.39 Å². The maximum absolute atomic E-state index is 17.2. The molecule has 1 saturated heterocycles. The van der Waals surface area contributed by atoms with E-state index < -0.39 is 57.7 Å². The largest absolute Gasteiger partial charge is 0.389 e. The zero-order valence-electron chi connectivity index (χ0n) is 18.9. The van der Waals surface area contributed by atoms with Gasteiger partial charge in [-0.1, -0.05) is 13.8 Å². The van der Waals surface area contributed by atoms with Crippen molar-refractivity contribution in [2.45, 2.75) is 89.1 Å². The summed E-state index contributed by atoms with van der Waals surface area (Å²) in [5.74, 6) is -3.68. The van der Waals surface area contributed by atoms with Crippen LogP contribution in [-0.2, 0) is 23.9 Å². The van der Waals surface area contributed by atoms with Crippen LogP contribution in [0.15, 0.2) is 11.6 Å². The monoisotopic (exact) mass is 468 g/mol. The van der Waals surface area contributed by atoms with Crippen molar-refractivity contribution < 1.29 is 33.4 Å². The average Bonchev–Trinajstić information content (AvgIpc) is 3.11. The molecular formula is C24H30ClFO6. The molecular weight excluding hydrogens is 439 g/mol. The molecule has 0 amide bonds. The smallest absolute Gasteiger partial charge is 0.182 e. The van der Waals surface area contributed by atoms with Crippen LogP contribution in [0.1, 0.15) is 59.8 Å². The summed E-state index contributed by atoms with van der Waals surface area (Å²) < 4.78 is 29.6. The van der Waals surface area contributed by atoms with Gasteiger partial charge in [0.25, 0.3) is 0 Å². The van der Waals surface area contributed by atoms with Crippen LogP contribution in [0, 0.1) is 22.7 Å². The predicted octanol–water partition coefficient (Wildman–Crippen LogP) is 3.07. The summed E-state index contributed by atoms with van der Waals surface area (Å²) in [5.41, 5.74) is -5.63. The van der Waals surface area contributed by atoms with E-state index in [0.29, 0.717) is 12.0 Å². The maximum Gasteiger partial charge on any atom is 0.182 e. The molecule has 32 heavy (non-hydrogen) atoms. The van der Waals surface area contributed by atoms with Crippen LogP contribution in [-0.4, -0.2) is 57.6 Å². The topological polar surface area (TPSA) is 89.9 Å². The number of ether oxygens (including phenoxy) is 2. The number of aliphatic hydroxyl groups excluding tert-OH is 1. The minimum atomic E-state index is -2.23. The number of fused-ring (bicyclic) bond motifs is 7. The van der Waals surface area contributed by atoms with Crippen molar-refractivity contribution >= 4 is 29.0 Å². The third kappa shape index (κ3) is 2.39. The Bertz CT molecular complexity index is 962. The second kappa shape index (κ2) is 6.49. The van der Waals surface area contributed by atoms with E-state index in [9.17, 15) is 19.5 Å². The molecule has 8 atom stereocenters. The highest BCUT2D eigenvalue weighted by Gasteiger charge is 2.80. The fraction of sp³-hybridized carbons (Fsp3) is 0.792. The summed E-state index contributed by atoms with van der Waals surface area (Å²) >= 11 is 6.01. The van der Waals surface area contributed by atoms with Gasteiger partial charge in [-0.15, -0.1) is 11.6 Å². The van der Waals surface area contributed by atoms with Crippen molar-refractivity contribution in [1.82, 2.24) is 0 Å². The molecule has 8 heteroatoms. The quantitative estimate of drug-likeness (QED) is 0.626. The highest BCUT2D eigenvalue weighted by molar-refractivity contribution is 6.29. The van der Waals surface area contributed by atoms with Crippen LogP contribution >= 0.6 is 11.6 Å². The Hall–Kier alpha value is -1.15. The Morgan fingerprint density at radius 3 is 2.56 bits per heavy atom.